The van der Waals surface area contributed by atoms with Gasteiger partial charge in [-0.2, -0.15) is 0 Å². The standard InChI is InChI=1S/C17H18BrN3O2/c1-3-17(23)20-8-14(9-20)19-16(22)10-21-11(2)6-12-7-13(18)4-5-15(12)21/h3-7,14H,1,8-10H2,2H3,(H,19,22). The molecule has 0 aliphatic carbocycles. The Morgan fingerprint density at radius 2 is 2.13 bits per heavy atom. The summed E-state index contributed by atoms with van der Waals surface area (Å²) in [6.07, 6.45) is 1.30. The van der Waals surface area contributed by atoms with Crippen LogP contribution in [-0.4, -0.2) is 40.4 Å². The number of aryl methyl sites for hydroxylation is 1. The molecule has 120 valence electrons. The molecule has 3 rings (SSSR count). The van der Waals surface area contributed by atoms with Crippen LogP contribution in [-0.2, 0) is 16.1 Å². The van der Waals surface area contributed by atoms with Crippen LogP contribution in [0.2, 0.25) is 0 Å². The predicted octanol–water partition coefficient (Wildman–Crippen LogP) is 2.23. The van der Waals surface area contributed by atoms with Crippen LogP contribution < -0.4 is 5.32 Å². The fourth-order valence-corrected chi connectivity index (χ4v) is 3.26. The molecule has 2 aromatic rings. The number of carbonyl (C=O) groups is 2. The van der Waals surface area contributed by atoms with Crippen molar-refractivity contribution < 1.29 is 9.59 Å². The molecule has 2 heterocycles. The van der Waals surface area contributed by atoms with E-state index in [1.807, 2.05) is 29.7 Å². The number of rotatable bonds is 4. The first kappa shape index (κ1) is 15.8. The van der Waals surface area contributed by atoms with Gasteiger partial charge in [0, 0.05) is 34.2 Å². The Balaban J connectivity index is 1.64. The van der Waals surface area contributed by atoms with Crippen LogP contribution in [0.4, 0.5) is 0 Å². The van der Waals surface area contributed by atoms with Crippen molar-refractivity contribution in [3.63, 3.8) is 0 Å². The molecule has 1 aromatic carbocycles. The van der Waals surface area contributed by atoms with E-state index in [9.17, 15) is 9.59 Å². The number of hydrogen-bond acceptors (Lipinski definition) is 2. The third-order valence-electron chi connectivity index (χ3n) is 4.11. The van der Waals surface area contributed by atoms with Crippen molar-refractivity contribution in [3.8, 4) is 0 Å². The maximum absolute atomic E-state index is 12.3. The lowest BCUT2D eigenvalue weighted by Crippen LogP contribution is -2.61. The minimum Gasteiger partial charge on any atom is -0.348 e. The average Bonchev–Trinajstić information content (AvgIpc) is 2.77. The molecule has 1 aliphatic rings. The van der Waals surface area contributed by atoms with Crippen LogP contribution in [0.5, 0.6) is 0 Å². The largest absolute Gasteiger partial charge is 0.348 e. The van der Waals surface area contributed by atoms with Crippen molar-refractivity contribution in [1.29, 1.82) is 0 Å². The minimum atomic E-state index is -0.0895. The Morgan fingerprint density at radius 3 is 2.83 bits per heavy atom. The molecule has 0 unspecified atom stereocenters. The van der Waals surface area contributed by atoms with Gasteiger partial charge < -0.3 is 14.8 Å². The molecule has 1 aromatic heterocycles. The average molecular weight is 376 g/mol. The molecular formula is C17H18BrN3O2. The number of halogens is 1. The van der Waals surface area contributed by atoms with Gasteiger partial charge in [-0.05, 0) is 37.3 Å². The number of benzene rings is 1. The molecule has 1 fully saturated rings. The van der Waals surface area contributed by atoms with E-state index in [2.05, 4.69) is 33.9 Å². The Hall–Kier alpha value is -2.08. The fourth-order valence-electron chi connectivity index (χ4n) is 2.89. The van der Waals surface area contributed by atoms with Gasteiger partial charge in [0.15, 0.2) is 0 Å². The highest BCUT2D eigenvalue weighted by Gasteiger charge is 2.30. The normalized spacial score (nSPS) is 14.6. The van der Waals surface area contributed by atoms with Gasteiger partial charge in [0.1, 0.15) is 6.54 Å². The number of amides is 2. The van der Waals surface area contributed by atoms with E-state index in [4.69, 9.17) is 0 Å². The van der Waals surface area contributed by atoms with E-state index in [1.54, 1.807) is 4.90 Å². The monoisotopic (exact) mass is 375 g/mol. The highest BCUT2D eigenvalue weighted by Crippen LogP contribution is 2.23. The van der Waals surface area contributed by atoms with Gasteiger partial charge in [0.2, 0.25) is 11.8 Å². The first-order valence-corrected chi connectivity index (χ1v) is 8.23. The second kappa shape index (κ2) is 6.20. The van der Waals surface area contributed by atoms with Gasteiger partial charge in [-0.3, -0.25) is 9.59 Å². The Kier molecular flexibility index (Phi) is 4.26. The lowest BCUT2D eigenvalue weighted by atomic mass is 10.1. The van der Waals surface area contributed by atoms with Crippen molar-refractivity contribution in [3.05, 3.63) is 47.1 Å². The number of nitrogens with one attached hydrogen (secondary N) is 1. The summed E-state index contributed by atoms with van der Waals surface area (Å²) >= 11 is 3.46. The molecule has 0 atom stereocenters. The topological polar surface area (TPSA) is 54.3 Å². The number of fused-ring (bicyclic) bond motifs is 1. The molecule has 1 saturated heterocycles. The summed E-state index contributed by atoms with van der Waals surface area (Å²) in [4.78, 5) is 25.3. The summed E-state index contributed by atoms with van der Waals surface area (Å²) in [6, 6.07) is 8.12. The molecule has 0 radical (unpaired) electrons. The van der Waals surface area contributed by atoms with Gasteiger partial charge >= 0.3 is 0 Å². The molecular weight excluding hydrogens is 358 g/mol. The van der Waals surface area contributed by atoms with Crippen molar-refractivity contribution in [2.24, 2.45) is 0 Å². The molecule has 0 spiro atoms. The Morgan fingerprint density at radius 1 is 1.39 bits per heavy atom. The van der Waals surface area contributed by atoms with Gasteiger partial charge in [0.25, 0.3) is 0 Å². The van der Waals surface area contributed by atoms with Crippen LogP contribution in [0.1, 0.15) is 5.69 Å². The zero-order chi connectivity index (χ0) is 16.6. The summed E-state index contributed by atoms with van der Waals surface area (Å²) in [5.74, 6) is -0.127. The molecule has 6 heteroatoms. The Bertz CT molecular complexity index is 790. The van der Waals surface area contributed by atoms with Crippen LogP contribution in [0.25, 0.3) is 10.9 Å². The first-order chi connectivity index (χ1) is 11.0. The smallest absolute Gasteiger partial charge is 0.246 e. The number of carbonyl (C=O) groups excluding carboxylic acids is 2. The molecule has 1 aliphatic heterocycles. The van der Waals surface area contributed by atoms with E-state index < -0.39 is 0 Å². The van der Waals surface area contributed by atoms with Crippen LogP contribution in [0.15, 0.2) is 41.4 Å². The van der Waals surface area contributed by atoms with Crippen molar-refractivity contribution >= 4 is 38.6 Å². The fraction of sp³-hybridized carbons (Fsp3) is 0.294. The van der Waals surface area contributed by atoms with Gasteiger partial charge in [-0.25, -0.2) is 0 Å². The summed E-state index contributed by atoms with van der Waals surface area (Å²) in [5, 5.41) is 4.08. The first-order valence-electron chi connectivity index (χ1n) is 7.44. The zero-order valence-corrected chi connectivity index (χ0v) is 14.5. The molecule has 0 bridgehead atoms. The zero-order valence-electron chi connectivity index (χ0n) is 12.9. The molecule has 0 saturated carbocycles. The number of nitrogens with zero attached hydrogens (tertiary/aromatic N) is 2. The highest BCUT2D eigenvalue weighted by molar-refractivity contribution is 9.10. The second-order valence-corrected chi connectivity index (χ2v) is 6.70. The molecule has 5 nitrogen and oxygen atoms in total. The van der Waals surface area contributed by atoms with E-state index in [1.165, 1.54) is 6.08 Å². The molecule has 1 N–H and O–H groups in total. The third kappa shape index (κ3) is 3.17. The number of likely N-dealkylation sites (tertiary alicyclic amines) is 1. The summed E-state index contributed by atoms with van der Waals surface area (Å²) < 4.78 is 3.02. The van der Waals surface area contributed by atoms with Crippen LogP contribution in [0, 0.1) is 6.92 Å². The second-order valence-electron chi connectivity index (χ2n) is 5.79. The highest BCUT2D eigenvalue weighted by atomic mass is 79.9. The molecule has 2 amide bonds. The van der Waals surface area contributed by atoms with E-state index in [0.717, 1.165) is 21.1 Å². The SMILES string of the molecule is C=CC(=O)N1CC(NC(=O)Cn2c(C)cc3cc(Br)ccc32)C1. The predicted molar refractivity (Wildman–Crippen MR) is 93.1 cm³/mol. The van der Waals surface area contributed by atoms with Crippen molar-refractivity contribution in [2.75, 3.05) is 13.1 Å². The van der Waals surface area contributed by atoms with Gasteiger partial charge in [-0.1, -0.05) is 22.5 Å². The summed E-state index contributed by atoms with van der Waals surface area (Å²) in [7, 11) is 0. The minimum absolute atomic E-state index is 0.0303. The van der Waals surface area contributed by atoms with Crippen LogP contribution >= 0.6 is 15.9 Å². The summed E-state index contributed by atoms with van der Waals surface area (Å²) in [6.45, 7) is 6.84. The van der Waals surface area contributed by atoms with E-state index >= 15 is 0 Å². The Labute approximate surface area is 143 Å². The third-order valence-corrected chi connectivity index (χ3v) is 4.60. The van der Waals surface area contributed by atoms with Crippen LogP contribution in [0.3, 0.4) is 0 Å². The van der Waals surface area contributed by atoms with E-state index in [0.29, 0.717) is 13.1 Å². The lowest BCUT2D eigenvalue weighted by Gasteiger charge is -2.38. The van der Waals surface area contributed by atoms with Gasteiger partial charge in [0.05, 0.1) is 6.04 Å². The van der Waals surface area contributed by atoms with Crippen molar-refractivity contribution in [2.45, 2.75) is 19.5 Å². The van der Waals surface area contributed by atoms with Gasteiger partial charge in [-0.15, -0.1) is 0 Å². The quantitative estimate of drug-likeness (QED) is 0.833. The van der Waals surface area contributed by atoms with Crippen molar-refractivity contribution in [1.82, 2.24) is 14.8 Å². The van der Waals surface area contributed by atoms with E-state index in [-0.39, 0.29) is 24.4 Å². The maximum atomic E-state index is 12.3. The number of aromatic nitrogens is 1. The number of hydrogen-bond donors (Lipinski definition) is 1. The summed E-state index contributed by atoms with van der Waals surface area (Å²) in [5.41, 5.74) is 2.09. The maximum Gasteiger partial charge on any atom is 0.246 e. The lowest BCUT2D eigenvalue weighted by molar-refractivity contribution is -0.133. The molecule has 23 heavy (non-hydrogen) atoms.